The summed E-state index contributed by atoms with van der Waals surface area (Å²) in [6, 6.07) is 3.57. The Labute approximate surface area is 142 Å². The van der Waals surface area contributed by atoms with Crippen molar-refractivity contribution in [1.82, 2.24) is 9.97 Å². The number of carbonyl (C=O) groups is 1. The Bertz CT molecular complexity index is 816. The number of hydrogen-bond acceptors (Lipinski definition) is 5. The summed E-state index contributed by atoms with van der Waals surface area (Å²) in [4.78, 5) is 19.4. The normalized spacial score (nSPS) is 23.4. The molecule has 2 aromatic rings. The smallest absolute Gasteiger partial charge is 0.338 e. The molecule has 0 radical (unpaired) electrons. The van der Waals surface area contributed by atoms with Gasteiger partial charge in [-0.3, -0.25) is 0 Å². The topological polar surface area (TPSA) is 109 Å². The monoisotopic (exact) mass is 349 g/mol. The Morgan fingerprint density at radius 3 is 2.72 bits per heavy atom. The van der Waals surface area contributed by atoms with Gasteiger partial charge in [0.15, 0.2) is 0 Å². The molecule has 0 spiro atoms. The van der Waals surface area contributed by atoms with Crippen LogP contribution in [0.2, 0.25) is 0 Å². The van der Waals surface area contributed by atoms with Gasteiger partial charge in [0.25, 0.3) is 0 Å². The molecule has 0 bridgehead atoms. The number of alkyl halides is 1. The van der Waals surface area contributed by atoms with E-state index < -0.39 is 29.6 Å². The Morgan fingerprint density at radius 2 is 2.08 bits per heavy atom. The lowest BCUT2D eigenvalue weighted by Gasteiger charge is -2.28. The molecule has 8 heteroatoms. The number of aliphatic hydroxyl groups excluding tert-OH is 1. The molecule has 1 aliphatic carbocycles. The van der Waals surface area contributed by atoms with Crippen LogP contribution in [0.1, 0.15) is 41.2 Å². The van der Waals surface area contributed by atoms with Gasteiger partial charge in [0.2, 0.25) is 0 Å². The largest absolute Gasteiger partial charge is 0.478 e. The van der Waals surface area contributed by atoms with E-state index in [-0.39, 0.29) is 23.9 Å². The molecular weight excluding hydrogens is 332 g/mol. The highest BCUT2D eigenvalue weighted by atomic mass is 19.1. The molecule has 0 aliphatic heterocycles. The van der Waals surface area contributed by atoms with E-state index in [1.165, 1.54) is 12.3 Å². The maximum atomic E-state index is 13.9. The Kier molecular flexibility index (Phi) is 4.63. The summed E-state index contributed by atoms with van der Waals surface area (Å²) in [6.45, 7) is 0. The predicted molar refractivity (Wildman–Crippen MR) is 86.3 cm³/mol. The molecule has 1 aromatic heterocycles. The summed E-state index contributed by atoms with van der Waals surface area (Å²) in [6.07, 6.45) is 0.187. The van der Waals surface area contributed by atoms with Crippen molar-refractivity contribution >= 4 is 11.8 Å². The highest BCUT2D eigenvalue weighted by molar-refractivity contribution is 5.88. The van der Waals surface area contributed by atoms with E-state index >= 15 is 0 Å². The van der Waals surface area contributed by atoms with E-state index in [9.17, 15) is 18.7 Å². The minimum atomic E-state index is -1.37. The molecule has 1 fully saturated rings. The highest BCUT2D eigenvalue weighted by Crippen LogP contribution is 2.35. The second kappa shape index (κ2) is 6.72. The first kappa shape index (κ1) is 17.2. The van der Waals surface area contributed by atoms with Crippen LogP contribution in [0.15, 0.2) is 24.4 Å². The Morgan fingerprint density at radius 1 is 1.32 bits per heavy atom. The van der Waals surface area contributed by atoms with Gasteiger partial charge in [0.1, 0.15) is 23.5 Å². The van der Waals surface area contributed by atoms with Crippen LogP contribution in [0.4, 0.5) is 14.6 Å². The molecule has 1 aromatic carbocycles. The number of hydrogen-bond donors (Lipinski definition) is 3. The third-order valence-electron chi connectivity index (χ3n) is 4.45. The van der Waals surface area contributed by atoms with Crippen LogP contribution >= 0.6 is 0 Å². The molecule has 3 rings (SSSR count). The van der Waals surface area contributed by atoms with Crippen molar-refractivity contribution in [2.24, 2.45) is 0 Å². The Balaban J connectivity index is 1.95. The predicted octanol–water partition coefficient (Wildman–Crippen LogP) is 2.53. The van der Waals surface area contributed by atoms with E-state index in [1.54, 1.807) is 0 Å². The standard InChI is InChI=1S/C17H17F2N3O3/c18-11-6-9(1-3-10(11)17(24)25)15-16(20)21-7-13(22-15)8-2-4-14(23)12(19)5-8/h1,3,6-8,12,14,23H,2,4-5H2,(H2,20,21)(H,24,25)/t8-,12+,14-/m0/s1. The van der Waals surface area contributed by atoms with Gasteiger partial charge in [0, 0.05) is 11.5 Å². The van der Waals surface area contributed by atoms with Gasteiger partial charge in [-0.25, -0.2) is 23.5 Å². The zero-order chi connectivity index (χ0) is 18.1. The fourth-order valence-electron chi connectivity index (χ4n) is 3.03. The molecule has 6 nitrogen and oxygen atoms in total. The summed E-state index contributed by atoms with van der Waals surface area (Å²) in [5.74, 6) is -2.42. The van der Waals surface area contributed by atoms with Crippen molar-refractivity contribution in [3.63, 3.8) is 0 Å². The first-order valence-electron chi connectivity index (χ1n) is 7.84. The SMILES string of the molecule is Nc1ncc([C@H]2CC[C@H](O)[C@H](F)C2)nc1-c1ccc(C(=O)O)c(F)c1. The van der Waals surface area contributed by atoms with E-state index in [0.29, 0.717) is 24.1 Å². The number of aromatic carboxylic acids is 1. The number of halogens is 2. The van der Waals surface area contributed by atoms with Gasteiger partial charge in [0.05, 0.1) is 23.6 Å². The summed E-state index contributed by atoms with van der Waals surface area (Å²) in [7, 11) is 0. The third-order valence-corrected chi connectivity index (χ3v) is 4.45. The summed E-state index contributed by atoms with van der Waals surface area (Å²) < 4.78 is 27.7. The van der Waals surface area contributed by atoms with Crippen LogP contribution in [0.5, 0.6) is 0 Å². The Hall–Kier alpha value is -2.61. The summed E-state index contributed by atoms with van der Waals surface area (Å²) >= 11 is 0. The van der Waals surface area contributed by atoms with Crippen LogP contribution in [-0.2, 0) is 0 Å². The number of carboxylic acids is 1. The first-order chi connectivity index (χ1) is 11.9. The van der Waals surface area contributed by atoms with Gasteiger partial charge < -0.3 is 15.9 Å². The maximum Gasteiger partial charge on any atom is 0.338 e. The molecule has 0 saturated heterocycles. The zero-order valence-electron chi connectivity index (χ0n) is 13.2. The fourth-order valence-corrected chi connectivity index (χ4v) is 3.03. The van der Waals surface area contributed by atoms with Gasteiger partial charge in [-0.2, -0.15) is 0 Å². The molecule has 132 valence electrons. The lowest BCUT2D eigenvalue weighted by atomic mass is 9.84. The number of rotatable bonds is 3. The van der Waals surface area contributed by atoms with Gasteiger partial charge in [-0.15, -0.1) is 0 Å². The minimum Gasteiger partial charge on any atom is -0.478 e. The molecule has 1 heterocycles. The highest BCUT2D eigenvalue weighted by Gasteiger charge is 2.31. The van der Waals surface area contributed by atoms with E-state index in [2.05, 4.69) is 9.97 Å². The molecule has 1 aliphatic rings. The van der Waals surface area contributed by atoms with E-state index in [4.69, 9.17) is 10.8 Å². The van der Waals surface area contributed by atoms with E-state index in [1.807, 2.05) is 0 Å². The van der Waals surface area contributed by atoms with Crippen molar-refractivity contribution in [3.05, 3.63) is 41.5 Å². The summed E-state index contributed by atoms with van der Waals surface area (Å²) in [5.41, 5.74) is 6.40. The average Bonchev–Trinajstić information content (AvgIpc) is 2.57. The second-order valence-electron chi connectivity index (χ2n) is 6.12. The molecule has 3 atom stereocenters. The number of nitrogen functional groups attached to an aromatic ring is 1. The third kappa shape index (κ3) is 3.43. The number of aliphatic hydroxyl groups is 1. The van der Waals surface area contributed by atoms with Gasteiger partial charge in [-0.05, 0) is 31.4 Å². The molecule has 0 unspecified atom stereocenters. The van der Waals surface area contributed by atoms with Crippen LogP contribution in [0.3, 0.4) is 0 Å². The van der Waals surface area contributed by atoms with Crippen molar-refractivity contribution < 1.29 is 23.8 Å². The average molecular weight is 349 g/mol. The molecule has 4 N–H and O–H groups in total. The van der Waals surface area contributed by atoms with Crippen LogP contribution in [-0.4, -0.2) is 38.4 Å². The number of anilines is 1. The quantitative estimate of drug-likeness (QED) is 0.785. The molecule has 25 heavy (non-hydrogen) atoms. The number of aromatic nitrogens is 2. The van der Waals surface area contributed by atoms with Gasteiger partial charge >= 0.3 is 5.97 Å². The second-order valence-corrected chi connectivity index (χ2v) is 6.12. The number of nitrogens with two attached hydrogens (primary N) is 1. The fraction of sp³-hybridized carbons (Fsp3) is 0.353. The van der Waals surface area contributed by atoms with Crippen molar-refractivity contribution in [2.45, 2.75) is 37.5 Å². The molecule has 1 saturated carbocycles. The molecule has 0 amide bonds. The number of nitrogens with zero attached hydrogens (tertiary/aromatic N) is 2. The van der Waals surface area contributed by atoms with Crippen molar-refractivity contribution in [1.29, 1.82) is 0 Å². The number of benzene rings is 1. The number of carboxylic acid groups (broad SMARTS) is 1. The first-order valence-corrected chi connectivity index (χ1v) is 7.84. The maximum absolute atomic E-state index is 13.9. The van der Waals surface area contributed by atoms with E-state index in [0.717, 1.165) is 12.1 Å². The van der Waals surface area contributed by atoms with Crippen molar-refractivity contribution in [2.75, 3.05) is 5.73 Å². The van der Waals surface area contributed by atoms with Crippen LogP contribution < -0.4 is 5.73 Å². The van der Waals surface area contributed by atoms with Crippen molar-refractivity contribution in [3.8, 4) is 11.3 Å². The lowest BCUT2D eigenvalue weighted by molar-refractivity contribution is 0.0363. The minimum absolute atomic E-state index is 0.0684. The molecular formula is C17H17F2N3O3. The van der Waals surface area contributed by atoms with Crippen LogP contribution in [0.25, 0.3) is 11.3 Å². The summed E-state index contributed by atoms with van der Waals surface area (Å²) in [5, 5.41) is 18.4. The lowest BCUT2D eigenvalue weighted by Crippen LogP contribution is -2.30. The zero-order valence-corrected chi connectivity index (χ0v) is 13.2. The van der Waals surface area contributed by atoms with Crippen LogP contribution in [0, 0.1) is 5.82 Å². The van der Waals surface area contributed by atoms with Gasteiger partial charge in [-0.1, -0.05) is 6.07 Å².